The van der Waals surface area contributed by atoms with E-state index in [1.165, 1.54) is 7.11 Å². The number of nitrogens with one attached hydrogen (secondary N) is 3. The molecule has 11 nitrogen and oxygen atoms in total. The lowest BCUT2D eigenvalue weighted by atomic mass is 9.86. The van der Waals surface area contributed by atoms with Gasteiger partial charge in [0.2, 0.25) is 29.4 Å². The van der Waals surface area contributed by atoms with Crippen LogP contribution in [0, 0.1) is 5.92 Å². The molecule has 1 unspecified atom stereocenters. The monoisotopic (exact) mass is 521 g/mol. The predicted octanol–water partition coefficient (Wildman–Crippen LogP) is 0.939. The zero-order valence-electron chi connectivity index (χ0n) is 20.2. The Hall–Kier alpha value is -3.74. The molecule has 1 aromatic carbocycles. The molecule has 37 heavy (non-hydrogen) atoms. The Bertz CT molecular complexity index is 1070. The van der Waals surface area contributed by atoms with Crippen molar-refractivity contribution in [3.05, 3.63) is 48.1 Å². The summed E-state index contributed by atoms with van der Waals surface area (Å²) in [6.07, 6.45) is 0.713. The molecule has 3 N–H and O–H groups in total. The zero-order valence-corrected chi connectivity index (χ0v) is 20.2. The Morgan fingerprint density at radius 3 is 2.57 bits per heavy atom. The van der Waals surface area contributed by atoms with Crippen LogP contribution in [0.1, 0.15) is 37.1 Å². The van der Waals surface area contributed by atoms with E-state index < -0.39 is 53.8 Å². The van der Waals surface area contributed by atoms with E-state index in [0.29, 0.717) is 5.56 Å². The first-order valence-corrected chi connectivity index (χ1v) is 11.8. The van der Waals surface area contributed by atoms with Crippen molar-refractivity contribution in [2.75, 3.05) is 13.7 Å². The van der Waals surface area contributed by atoms with Crippen LogP contribution < -0.4 is 16.0 Å². The van der Waals surface area contributed by atoms with Gasteiger partial charge >= 0.3 is 0 Å². The highest BCUT2D eigenvalue weighted by Crippen LogP contribution is 2.36. The summed E-state index contributed by atoms with van der Waals surface area (Å²) in [5, 5.41) is 10.7. The molecule has 1 heterocycles. The number of rotatable bonds is 12. The van der Waals surface area contributed by atoms with E-state index in [9.17, 15) is 28.0 Å². The van der Waals surface area contributed by atoms with Crippen molar-refractivity contribution in [2.24, 2.45) is 5.92 Å². The quantitative estimate of drug-likeness (QED) is 0.349. The van der Waals surface area contributed by atoms with Crippen molar-refractivity contribution in [1.82, 2.24) is 26.1 Å². The summed E-state index contributed by atoms with van der Waals surface area (Å²) in [5.41, 5.74) is 0.669. The Morgan fingerprint density at radius 2 is 1.92 bits per heavy atom. The number of halogens is 2. The summed E-state index contributed by atoms with van der Waals surface area (Å²) in [5.74, 6) is -7.23. The van der Waals surface area contributed by atoms with Crippen LogP contribution in [0.4, 0.5) is 8.78 Å². The Balaban J connectivity index is 1.69. The highest BCUT2D eigenvalue weighted by atomic mass is 19.3. The number of ketones is 1. The van der Waals surface area contributed by atoms with Gasteiger partial charge in [-0.1, -0.05) is 35.5 Å². The van der Waals surface area contributed by atoms with Crippen molar-refractivity contribution in [2.45, 2.75) is 56.7 Å². The van der Waals surface area contributed by atoms with Crippen LogP contribution >= 0.6 is 0 Å². The average Bonchev–Trinajstić information content (AvgIpc) is 3.40. The summed E-state index contributed by atoms with van der Waals surface area (Å²) in [4.78, 5) is 55.0. The van der Waals surface area contributed by atoms with Gasteiger partial charge in [0.25, 0.3) is 5.91 Å². The molecule has 0 aliphatic heterocycles. The van der Waals surface area contributed by atoms with Gasteiger partial charge in [-0.05, 0) is 18.4 Å². The third-order valence-electron chi connectivity index (χ3n) is 5.92. The highest BCUT2D eigenvalue weighted by molar-refractivity contribution is 6.38. The third-order valence-corrected chi connectivity index (χ3v) is 5.92. The standard InChI is InChI=1S/C24H29F2N5O6/c1-36-13-18(31-21(33)16-8-5-9-24(25,26)11-16)22(34)30-17(10-15-6-3-2-4-7-15)20(32)23(35)27-12-19-28-14-29-37-19/h2-4,6-7,14,16-18H,5,8-13H2,1H3,(H,27,35)(H,30,34)(H,31,33)/t16?,17-,18-/m1/s1. The van der Waals surface area contributed by atoms with E-state index in [2.05, 4.69) is 26.1 Å². The molecule has 13 heteroatoms. The first kappa shape index (κ1) is 27.8. The number of hydrogen-bond donors (Lipinski definition) is 3. The molecule has 1 saturated carbocycles. The smallest absolute Gasteiger partial charge is 0.290 e. The maximum absolute atomic E-state index is 13.8. The SMILES string of the molecule is COC[C@@H](NC(=O)C1CCCC(F)(F)C1)C(=O)N[C@H](Cc1ccccc1)C(=O)C(=O)NCc1ncno1. The Morgan fingerprint density at radius 1 is 1.16 bits per heavy atom. The lowest BCUT2D eigenvalue weighted by Crippen LogP contribution is -2.56. The second-order valence-corrected chi connectivity index (χ2v) is 8.80. The highest BCUT2D eigenvalue weighted by Gasteiger charge is 2.40. The average molecular weight is 522 g/mol. The fourth-order valence-electron chi connectivity index (χ4n) is 4.04. The fraction of sp³-hybridized carbons (Fsp3) is 0.500. The van der Waals surface area contributed by atoms with E-state index in [-0.39, 0.29) is 44.7 Å². The number of Topliss-reactive ketones (excluding diaryl/α,β-unsaturated/α-hetero) is 1. The van der Waals surface area contributed by atoms with Crippen LogP contribution in [-0.2, 0) is 36.9 Å². The van der Waals surface area contributed by atoms with Gasteiger partial charge in [0.1, 0.15) is 12.1 Å². The molecule has 1 fully saturated rings. The molecule has 1 aliphatic rings. The number of methoxy groups -OCH3 is 1. The van der Waals surface area contributed by atoms with Crippen molar-refractivity contribution >= 4 is 23.5 Å². The molecular weight excluding hydrogens is 492 g/mol. The number of amides is 3. The zero-order chi connectivity index (χ0) is 26.8. The number of carbonyl (C=O) groups excluding carboxylic acids is 4. The number of carbonyl (C=O) groups is 4. The molecule has 1 aliphatic carbocycles. The number of hydrogen-bond acceptors (Lipinski definition) is 8. The van der Waals surface area contributed by atoms with Gasteiger partial charge in [-0.2, -0.15) is 4.98 Å². The minimum atomic E-state index is -2.94. The topological polar surface area (TPSA) is 153 Å². The molecule has 0 spiro atoms. The molecule has 0 saturated heterocycles. The minimum absolute atomic E-state index is 0.0120. The lowest BCUT2D eigenvalue weighted by Gasteiger charge is -2.29. The van der Waals surface area contributed by atoms with E-state index in [1.807, 2.05) is 0 Å². The van der Waals surface area contributed by atoms with Gasteiger partial charge in [0, 0.05) is 32.3 Å². The second kappa shape index (κ2) is 13.0. The number of nitrogens with zero attached hydrogens (tertiary/aromatic N) is 2. The molecule has 3 rings (SSSR count). The molecule has 0 radical (unpaired) electrons. The summed E-state index contributed by atoms with van der Waals surface area (Å²) in [7, 11) is 1.30. The normalized spacial score (nSPS) is 18.3. The summed E-state index contributed by atoms with van der Waals surface area (Å²) in [6, 6.07) is 6.15. The summed E-state index contributed by atoms with van der Waals surface area (Å²) in [6.45, 7) is -0.457. The maximum Gasteiger partial charge on any atom is 0.290 e. The van der Waals surface area contributed by atoms with Crippen LogP contribution in [-0.4, -0.2) is 65.4 Å². The number of benzene rings is 1. The van der Waals surface area contributed by atoms with Crippen LogP contribution in [0.5, 0.6) is 0 Å². The maximum atomic E-state index is 13.8. The van der Waals surface area contributed by atoms with Gasteiger partial charge in [0.05, 0.1) is 13.2 Å². The fourth-order valence-corrected chi connectivity index (χ4v) is 4.04. The lowest BCUT2D eigenvalue weighted by molar-refractivity contribution is -0.141. The van der Waals surface area contributed by atoms with E-state index >= 15 is 0 Å². The number of aromatic nitrogens is 2. The first-order valence-electron chi connectivity index (χ1n) is 11.8. The van der Waals surface area contributed by atoms with Crippen LogP contribution in [0.3, 0.4) is 0 Å². The molecule has 3 amide bonds. The van der Waals surface area contributed by atoms with Gasteiger partial charge < -0.3 is 25.2 Å². The molecule has 3 atom stereocenters. The number of alkyl halides is 2. The van der Waals surface area contributed by atoms with Gasteiger partial charge in [-0.25, -0.2) is 8.78 Å². The largest absolute Gasteiger partial charge is 0.382 e. The van der Waals surface area contributed by atoms with Crippen molar-refractivity contribution in [3.8, 4) is 0 Å². The summed E-state index contributed by atoms with van der Waals surface area (Å²) >= 11 is 0. The minimum Gasteiger partial charge on any atom is -0.382 e. The first-order chi connectivity index (χ1) is 17.7. The van der Waals surface area contributed by atoms with E-state index in [0.717, 1.165) is 6.33 Å². The van der Waals surface area contributed by atoms with Crippen LogP contribution in [0.25, 0.3) is 0 Å². The summed E-state index contributed by atoms with van der Waals surface area (Å²) < 4.78 is 37.4. The van der Waals surface area contributed by atoms with E-state index in [1.54, 1.807) is 30.3 Å². The van der Waals surface area contributed by atoms with E-state index in [4.69, 9.17) is 9.26 Å². The molecule has 2 aromatic rings. The predicted molar refractivity (Wildman–Crippen MR) is 124 cm³/mol. The van der Waals surface area contributed by atoms with Crippen molar-refractivity contribution in [3.63, 3.8) is 0 Å². The van der Waals surface area contributed by atoms with Crippen molar-refractivity contribution in [1.29, 1.82) is 0 Å². The number of ether oxygens (including phenoxy) is 1. The van der Waals surface area contributed by atoms with Gasteiger partial charge in [-0.15, -0.1) is 0 Å². The Kier molecular flexibility index (Phi) is 9.78. The van der Waals surface area contributed by atoms with Gasteiger partial charge in [0.15, 0.2) is 6.33 Å². The molecule has 0 bridgehead atoms. The molecule has 200 valence electrons. The van der Waals surface area contributed by atoms with Crippen LogP contribution in [0.15, 0.2) is 41.2 Å². The molecule has 1 aromatic heterocycles. The van der Waals surface area contributed by atoms with Crippen LogP contribution in [0.2, 0.25) is 0 Å². The third kappa shape index (κ3) is 8.41. The molecular formula is C24H29F2N5O6. The Labute approximate surface area is 211 Å². The second-order valence-electron chi connectivity index (χ2n) is 8.80. The van der Waals surface area contributed by atoms with Crippen molar-refractivity contribution < 1.29 is 37.2 Å². The van der Waals surface area contributed by atoms with Gasteiger partial charge in [-0.3, -0.25) is 19.2 Å².